The molecule has 1 heterocycles. The fourth-order valence-electron chi connectivity index (χ4n) is 1.80. The lowest BCUT2D eigenvalue weighted by Crippen LogP contribution is -2.47. The number of rotatable bonds is 4. The third-order valence-corrected chi connectivity index (χ3v) is 3.53. The molecule has 100 valence electrons. The molecule has 0 amide bonds. The number of aromatic nitrogens is 1. The number of benzene rings is 1. The van der Waals surface area contributed by atoms with Gasteiger partial charge in [0.15, 0.2) is 0 Å². The third kappa shape index (κ3) is 2.74. The first-order valence-corrected chi connectivity index (χ1v) is 6.20. The molecule has 1 aromatic heterocycles. The van der Waals surface area contributed by atoms with E-state index in [4.69, 9.17) is 0 Å². The number of nitrogens with zero attached hydrogens (tertiary/aromatic N) is 2. The lowest BCUT2D eigenvalue weighted by atomic mass is 10.0. The summed E-state index contributed by atoms with van der Waals surface area (Å²) in [5, 5.41) is 10.3. The number of fused-ring (bicyclic) bond motifs is 1. The minimum atomic E-state index is -0.909. The van der Waals surface area contributed by atoms with Crippen LogP contribution in [0.1, 0.15) is 19.5 Å². The third-order valence-electron chi connectivity index (χ3n) is 3.53. The highest BCUT2D eigenvalue weighted by molar-refractivity contribution is 5.78. The average Bonchev–Trinajstić information content (AvgIpc) is 2.38. The molecule has 0 aliphatic heterocycles. The van der Waals surface area contributed by atoms with E-state index in [1.165, 1.54) is 0 Å². The smallest absolute Gasteiger partial charge is 0.323 e. The van der Waals surface area contributed by atoms with Crippen molar-refractivity contribution in [2.24, 2.45) is 0 Å². The van der Waals surface area contributed by atoms with E-state index in [-0.39, 0.29) is 0 Å². The molecule has 0 aliphatic rings. The summed E-state index contributed by atoms with van der Waals surface area (Å²) in [7, 11) is 1.80. The maximum Gasteiger partial charge on any atom is 0.323 e. The fourth-order valence-corrected chi connectivity index (χ4v) is 1.80. The number of para-hydroxylation sites is 1. The number of likely N-dealkylation sites (N-methyl/N-ethyl adjacent to an activating group) is 1. The topological polar surface area (TPSA) is 53.4 Å². The Hall–Kier alpha value is -1.94. The number of hydrogen-bond donors (Lipinski definition) is 1. The van der Waals surface area contributed by atoms with Crippen molar-refractivity contribution >= 4 is 16.9 Å². The largest absolute Gasteiger partial charge is 0.480 e. The van der Waals surface area contributed by atoms with Gasteiger partial charge >= 0.3 is 5.97 Å². The summed E-state index contributed by atoms with van der Waals surface area (Å²) >= 11 is 0. The van der Waals surface area contributed by atoms with Crippen LogP contribution in [0.15, 0.2) is 36.4 Å². The molecule has 0 radical (unpaired) electrons. The van der Waals surface area contributed by atoms with Crippen molar-refractivity contribution in [3.63, 3.8) is 0 Å². The van der Waals surface area contributed by atoms with Gasteiger partial charge in [-0.2, -0.15) is 0 Å². The Morgan fingerprint density at radius 1 is 1.26 bits per heavy atom. The van der Waals surface area contributed by atoms with Crippen molar-refractivity contribution in [2.45, 2.75) is 25.9 Å². The predicted octanol–water partition coefficient (Wildman–Crippen LogP) is 2.53. The van der Waals surface area contributed by atoms with Gasteiger partial charge in [-0.1, -0.05) is 24.3 Å². The molecule has 2 aromatic rings. The molecule has 4 nitrogen and oxygen atoms in total. The van der Waals surface area contributed by atoms with Crippen LogP contribution in [0.4, 0.5) is 0 Å². The first-order chi connectivity index (χ1) is 8.91. The van der Waals surface area contributed by atoms with Gasteiger partial charge in [0.25, 0.3) is 0 Å². The number of carboxylic acids is 1. The normalized spacial score (nSPS) is 12.0. The van der Waals surface area contributed by atoms with Gasteiger partial charge in [-0.3, -0.25) is 14.7 Å². The molecule has 0 saturated heterocycles. The number of hydrogen-bond acceptors (Lipinski definition) is 3. The predicted molar refractivity (Wildman–Crippen MR) is 74.9 cm³/mol. The van der Waals surface area contributed by atoms with Crippen LogP contribution in [-0.2, 0) is 11.3 Å². The molecule has 19 heavy (non-hydrogen) atoms. The molecule has 0 atom stereocenters. The summed E-state index contributed by atoms with van der Waals surface area (Å²) in [6.07, 6.45) is 0. The van der Waals surface area contributed by atoms with Crippen molar-refractivity contribution in [1.29, 1.82) is 0 Å². The first-order valence-electron chi connectivity index (χ1n) is 6.20. The highest BCUT2D eigenvalue weighted by Crippen LogP contribution is 2.17. The molecule has 0 fully saturated rings. The molecule has 2 rings (SSSR count). The number of pyridine rings is 1. The van der Waals surface area contributed by atoms with E-state index in [2.05, 4.69) is 4.98 Å². The average molecular weight is 258 g/mol. The molecule has 0 bridgehead atoms. The van der Waals surface area contributed by atoms with E-state index in [0.717, 1.165) is 16.6 Å². The van der Waals surface area contributed by atoms with Crippen LogP contribution in [0.5, 0.6) is 0 Å². The first kappa shape index (κ1) is 13.5. The van der Waals surface area contributed by atoms with Crippen LogP contribution in [0.3, 0.4) is 0 Å². The second-order valence-corrected chi connectivity index (χ2v) is 5.22. The van der Waals surface area contributed by atoms with Crippen LogP contribution in [0.25, 0.3) is 10.9 Å². The maximum atomic E-state index is 11.2. The zero-order valence-electron chi connectivity index (χ0n) is 11.4. The van der Waals surface area contributed by atoms with E-state index in [9.17, 15) is 9.90 Å². The molecule has 0 spiro atoms. The van der Waals surface area contributed by atoms with E-state index in [1.807, 2.05) is 36.4 Å². The Kier molecular flexibility index (Phi) is 3.53. The SMILES string of the molecule is CN(Cc1ccc2ccccc2n1)C(C)(C)C(=O)O. The van der Waals surface area contributed by atoms with Crippen LogP contribution in [0, 0.1) is 0 Å². The van der Waals surface area contributed by atoms with Gasteiger partial charge in [0.1, 0.15) is 5.54 Å². The molecular formula is C15H18N2O2. The zero-order chi connectivity index (χ0) is 14.0. The van der Waals surface area contributed by atoms with Crippen molar-refractivity contribution < 1.29 is 9.90 Å². The Morgan fingerprint density at radius 3 is 2.63 bits per heavy atom. The number of aliphatic carboxylic acids is 1. The van der Waals surface area contributed by atoms with E-state index >= 15 is 0 Å². The van der Waals surface area contributed by atoms with Crippen LogP contribution < -0.4 is 0 Å². The highest BCUT2D eigenvalue weighted by Gasteiger charge is 2.32. The monoisotopic (exact) mass is 258 g/mol. The molecule has 1 aromatic carbocycles. The van der Waals surface area contributed by atoms with Gasteiger partial charge in [0.2, 0.25) is 0 Å². The maximum absolute atomic E-state index is 11.2. The summed E-state index contributed by atoms with van der Waals surface area (Å²) < 4.78 is 0. The number of carbonyl (C=O) groups is 1. The number of carboxylic acid groups (broad SMARTS) is 1. The Balaban J connectivity index is 2.24. The second-order valence-electron chi connectivity index (χ2n) is 5.22. The minimum absolute atomic E-state index is 0.504. The van der Waals surface area contributed by atoms with E-state index < -0.39 is 11.5 Å². The fraction of sp³-hybridized carbons (Fsp3) is 0.333. The summed E-state index contributed by atoms with van der Waals surface area (Å²) in [6, 6.07) is 11.8. The Morgan fingerprint density at radius 2 is 1.95 bits per heavy atom. The van der Waals surface area contributed by atoms with Gasteiger partial charge in [0, 0.05) is 11.9 Å². The van der Waals surface area contributed by atoms with Gasteiger partial charge in [0.05, 0.1) is 11.2 Å². The van der Waals surface area contributed by atoms with E-state index in [1.54, 1.807) is 25.8 Å². The van der Waals surface area contributed by atoms with Crippen molar-refractivity contribution in [3.05, 3.63) is 42.1 Å². The zero-order valence-corrected chi connectivity index (χ0v) is 11.4. The highest BCUT2D eigenvalue weighted by atomic mass is 16.4. The molecule has 0 unspecified atom stereocenters. The quantitative estimate of drug-likeness (QED) is 0.915. The van der Waals surface area contributed by atoms with Crippen molar-refractivity contribution in [2.75, 3.05) is 7.05 Å². The van der Waals surface area contributed by atoms with Gasteiger partial charge < -0.3 is 5.11 Å². The van der Waals surface area contributed by atoms with E-state index in [0.29, 0.717) is 6.54 Å². The van der Waals surface area contributed by atoms with Crippen molar-refractivity contribution in [3.8, 4) is 0 Å². The van der Waals surface area contributed by atoms with Crippen molar-refractivity contribution in [1.82, 2.24) is 9.88 Å². The molecule has 0 aliphatic carbocycles. The van der Waals surface area contributed by atoms with Gasteiger partial charge in [-0.05, 0) is 33.0 Å². The summed E-state index contributed by atoms with van der Waals surface area (Å²) in [4.78, 5) is 17.5. The second kappa shape index (κ2) is 4.97. The van der Waals surface area contributed by atoms with Crippen LogP contribution in [-0.4, -0.2) is 33.5 Å². The lowest BCUT2D eigenvalue weighted by molar-refractivity contribution is -0.148. The lowest BCUT2D eigenvalue weighted by Gasteiger charge is -2.31. The molecule has 1 N–H and O–H groups in total. The van der Waals surface area contributed by atoms with Crippen LogP contribution in [0.2, 0.25) is 0 Å². The minimum Gasteiger partial charge on any atom is -0.480 e. The van der Waals surface area contributed by atoms with Gasteiger partial charge in [-0.25, -0.2) is 0 Å². The standard InChI is InChI=1S/C15H18N2O2/c1-15(2,14(18)19)17(3)10-12-9-8-11-6-4-5-7-13(11)16-12/h4-9H,10H2,1-3H3,(H,18,19). The van der Waals surface area contributed by atoms with Gasteiger partial charge in [-0.15, -0.1) is 0 Å². The molecule has 0 saturated carbocycles. The Labute approximate surface area is 112 Å². The Bertz CT molecular complexity index is 608. The molecular weight excluding hydrogens is 240 g/mol. The summed E-state index contributed by atoms with van der Waals surface area (Å²) in [5.41, 5.74) is 0.893. The molecule has 4 heteroatoms. The summed E-state index contributed by atoms with van der Waals surface area (Å²) in [5.74, 6) is -0.837. The van der Waals surface area contributed by atoms with Crippen LogP contribution >= 0.6 is 0 Å². The summed E-state index contributed by atoms with van der Waals surface area (Å²) in [6.45, 7) is 3.89.